The van der Waals surface area contributed by atoms with Crippen LogP contribution in [0.3, 0.4) is 0 Å². The van der Waals surface area contributed by atoms with Crippen LogP contribution in [0.5, 0.6) is 5.75 Å². The maximum Gasteiger partial charge on any atom is 0.123 e. The van der Waals surface area contributed by atoms with Gasteiger partial charge in [0.25, 0.3) is 0 Å². The number of aryl methyl sites for hydroxylation is 1. The molecule has 0 amide bonds. The molecule has 2 aliphatic heterocycles. The first kappa shape index (κ1) is 17.7. The summed E-state index contributed by atoms with van der Waals surface area (Å²) in [6, 6.07) is 4.92. The fourth-order valence-corrected chi connectivity index (χ4v) is 6.40. The Morgan fingerprint density at radius 1 is 1.32 bits per heavy atom. The Bertz CT molecular complexity index is 622. The average Bonchev–Trinajstić information content (AvgIpc) is 3.07. The van der Waals surface area contributed by atoms with Gasteiger partial charge >= 0.3 is 0 Å². The molecule has 5 atom stereocenters. The molecule has 138 valence electrons. The monoisotopic (exact) mass is 364 g/mol. The van der Waals surface area contributed by atoms with Gasteiger partial charge in [-0.25, -0.2) is 4.39 Å². The lowest BCUT2D eigenvalue weighted by atomic mass is 9.73. The van der Waals surface area contributed by atoms with Crippen LogP contribution in [0.2, 0.25) is 0 Å². The van der Waals surface area contributed by atoms with Gasteiger partial charge in [0.2, 0.25) is 0 Å². The molecule has 25 heavy (non-hydrogen) atoms. The predicted octanol–water partition coefficient (Wildman–Crippen LogP) is 5.24. The lowest BCUT2D eigenvalue weighted by Crippen LogP contribution is -2.45. The summed E-state index contributed by atoms with van der Waals surface area (Å²) in [5.74, 6) is 1.87. The molecule has 4 heteroatoms. The quantitative estimate of drug-likeness (QED) is 0.728. The summed E-state index contributed by atoms with van der Waals surface area (Å²) >= 11 is 2.03. The van der Waals surface area contributed by atoms with Crippen LogP contribution >= 0.6 is 11.8 Å². The zero-order valence-electron chi connectivity index (χ0n) is 15.3. The zero-order chi connectivity index (χ0) is 17.4. The Kier molecular flexibility index (Phi) is 5.02. The van der Waals surface area contributed by atoms with Crippen LogP contribution in [0.1, 0.15) is 51.0 Å². The van der Waals surface area contributed by atoms with E-state index in [1.165, 1.54) is 38.2 Å². The molecule has 0 spiro atoms. The molecule has 1 saturated carbocycles. The molecule has 3 aliphatic rings. The van der Waals surface area contributed by atoms with Gasteiger partial charge in [-0.05, 0) is 80.4 Å². The van der Waals surface area contributed by atoms with E-state index in [1.54, 1.807) is 12.1 Å². The molecule has 1 aliphatic carbocycles. The number of halogens is 1. The smallest absolute Gasteiger partial charge is 0.123 e. The van der Waals surface area contributed by atoms with Crippen LogP contribution in [0, 0.1) is 17.7 Å². The zero-order valence-corrected chi connectivity index (χ0v) is 16.1. The number of hydrogen-bond donors (Lipinski definition) is 0. The van der Waals surface area contributed by atoms with Crippen molar-refractivity contribution in [2.24, 2.45) is 11.8 Å². The topological polar surface area (TPSA) is 18.5 Å². The first-order chi connectivity index (χ1) is 12.1. The number of benzene rings is 1. The first-order valence-corrected chi connectivity index (χ1v) is 11.0. The molecule has 0 N–H and O–H groups in total. The maximum absolute atomic E-state index is 13.4. The van der Waals surface area contributed by atoms with Gasteiger partial charge in [0.15, 0.2) is 0 Å². The van der Waals surface area contributed by atoms with Gasteiger partial charge < -0.3 is 9.47 Å². The number of fused-ring (bicyclic) bond motifs is 2. The van der Waals surface area contributed by atoms with Crippen molar-refractivity contribution in [3.8, 4) is 5.75 Å². The third-order valence-electron chi connectivity index (χ3n) is 6.66. The number of rotatable bonds is 4. The Morgan fingerprint density at radius 3 is 3.04 bits per heavy atom. The third kappa shape index (κ3) is 3.32. The molecule has 2 heterocycles. The summed E-state index contributed by atoms with van der Waals surface area (Å²) in [5, 5.41) is 0. The van der Waals surface area contributed by atoms with Crippen molar-refractivity contribution in [3.05, 3.63) is 29.6 Å². The second-order valence-electron chi connectivity index (χ2n) is 8.12. The van der Waals surface area contributed by atoms with E-state index in [-0.39, 0.29) is 11.9 Å². The highest BCUT2D eigenvalue weighted by Gasteiger charge is 2.49. The van der Waals surface area contributed by atoms with Crippen LogP contribution in [0.25, 0.3) is 0 Å². The summed E-state index contributed by atoms with van der Waals surface area (Å²) in [6.45, 7) is 3.25. The van der Waals surface area contributed by atoms with Gasteiger partial charge in [-0.3, -0.25) is 0 Å². The Balaban J connectivity index is 1.42. The van der Waals surface area contributed by atoms with Crippen LogP contribution in [0.15, 0.2) is 18.2 Å². The lowest BCUT2D eigenvalue weighted by molar-refractivity contribution is 0.00758. The molecule has 4 rings (SSSR count). The van der Waals surface area contributed by atoms with Gasteiger partial charge in [0.05, 0.1) is 6.10 Å². The minimum Gasteiger partial charge on any atom is -0.490 e. The summed E-state index contributed by atoms with van der Waals surface area (Å²) < 4.78 is 26.2. The summed E-state index contributed by atoms with van der Waals surface area (Å²) in [5.41, 5.74) is 1.02. The lowest BCUT2D eigenvalue weighted by Gasteiger charge is -2.43. The number of thioether (sulfide) groups is 1. The standard InChI is InChI=1S/C21H29FO2S/c1-14(18-7-5-15-13-17(22)6-8-19(15)24-18)12-16-4-3-9-21(25-2)10-11-23-20(16)21/h6,8,13-14,16,18,20H,3-5,7,9-12H2,1-2H3. The molecule has 2 nitrogen and oxygen atoms in total. The number of ether oxygens (including phenoxy) is 2. The highest BCUT2D eigenvalue weighted by atomic mass is 32.2. The predicted molar refractivity (Wildman–Crippen MR) is 101 cm³/mol. The fraction of sp³-hybridized carbons (Fsp3) is 0.714. The summed E-state index contributed by atoms with van der Waals surface area (Å²) in [4.78, 5) is 0. The molecule has 5 unspecified atom stereocenters. The van der Waals surface area contributed by atoms with Gasteiger partial charge in [-0.2, -0.15) is 11.8 Å². The Labute approximate surface area is 154 Å². The van der Waals surface area contributed by atoms with Crippen molar-refractivity contribution in [1.29, 1.82) is 0 Å². The van der Waals surface area contributed by atoms with E-state index in [1.807, 2.05) is 11.8 Å². The fourth-order valence-electron chi connectivity index (χ4n) is 5.27. The van der Waals surface area contributed by atoms with Gasteiger partial charge in [-0.1, -0.05) is 13.3 Å². The van der Waals surface area contributed by atoms with Crippen molar-refractivity contribution in [3.63, 3.8) is 0 Å². The van der Waals surface area contributed by atoms with Crippen LogP contribution in [-0.2, 0) is 11.2 Å². The molecular weight excluding hydrogens is 335 g/mol. The Morgan fingerprint density at radius 2 is 2.20 bits per heavy atom. The van der Waals surface area contributed by atoms with E-state index in [2.05, 4.69) is 13.2 Å². The summed E-state index contributed by atoms with van der Waals surface area (Å²) in [6.07, 6.45) is 11.1. The van der Waals surface area contributed by atoms with E-state index in [0.29, 0.717) is 22.7 Å². The highest BCUT2D eigenvalue weighted by molar-refractivity contribution is 8.00. The molecule has 0 radical (unpaired) electrons. The highest BCUT2D eigenvalue weighted by Crippen LogP contribution is 2.50. The molecule has 1 saturated heterocycles. The molecule has 0 bridgehead atoms. The Hall–Kier alpha value is -0.740. The van der Waals surface area contributed by atoms with Crippen molar-refractivity contribution >= 4 is 11.8 Å². The molecule has 1 aromatic carbocycles. The van der Waals surface area contributed by atoms with Crippen molar-refractivity contribution in [1.82, 2.24) is 0 Å². The van der Waals surface area contributed by atoms with E-state index in [9.17, 15) is 4.39 Å². The van der Waals surface area contributed by atoms with Crippen molar-refractivity contribution in [2.45, 2.75) is 68.8 Å². The average molecular weight is 365 g/mol. The maximum atomic E-state index is 13.4. The number of hydrogen-bond acceptors (Lipinski definition) is 3. The second kappa shape index (κ2) is 7.11. The van der Waals surface area contributed by atoms with Crippen LogP contribution in [0.4, 0.5) is 4.39 Å². The third-order valence-corrected chi connectivity index (χ3v) is 8.11. The van der Waals surface area contributed by atoms with Crippen molar-refractivity contribution in [2.75, 3.05) is 12.9 Å². The minimum absolute atomic E-state index is 0.164. The van der Waals surface area contributed by atoms with Gasteiger partial charge in [0.1, 0.15) is 17.7 Å². The first-order valence-electron chi connectivity index (χ1n) is 9.73. The van der Waals surface area contributed by atoms with Crippen LogP contribution in [-0.4, -0.2) is 29.8 Å². The minimum atomic E-state index is -0.164. The largest absolute Gasteiger partial charge is 0.490 e. The molecule has 2 fully saturated rings. The molecular formula is C21H29FO2S. The normalized spacial score (nSPS) is 35.6. The summed E-state index contributed by atoms with van der Waals surface area (Å²) in [7, 11) is 0. The van der Waals surface area contributed by atoms with Gasteiger partial charge in [0, 0.05) is 11.4 Å². The van der Waals surface area contributed by atoms with E-state index in [4.69, 9.17) is 9.47 Å². The second-order valence-corrected chi connectivity index (χ2v) is 9.34. The van der Waals surface area contributed by atoms with E-state index in [0.717, 1.165) is 30.8 Å². The molecule has 0 aromatic heterocycles. The molecule has 1 aromatic rings. The SMILES string of the molecule is CSC12CCCC(CC(C)C3CCc4cc(F)ccc4O3)C1OCC2. The van der Waals surface area contributed by atoms with Crippen LogP contribution < -0.4 is 4.74 Å². The van der Waals surface area contributed by atoms with Crippen molar-refractivity contribution < 1.29 is 13.9 Å². The van der Waals surface area contributed by atoms with E-state index < -0.39 is 0 Å². The van der Waals surface area contributed by atoms with E-state index >= 15 is 0 Å². The van der Waals surface area contributed by atoms with Gasteiger partial charge in [-0.15, -0.1) is 0 Å².